The van der Waals surface area contributed by atoms with Crippen LogP contribution in [-0.2, 0) is 10.0 Å². The van der Waals surface area contributed by atoms with Crippen LogP contribution in [0, 0.1) is 0 Å². The van der Waals surface area contributed by atoms with Gasteiger partial charge in [0.05, 0.1) is 4.90 Å². The van der Waals surface area contributed by atoms with Crippen LogP contribution in [0.2, 0.25) is 5.02 Å². The van der Waals surface area contributed by atoms with Crippen molar-refractivity contribution >= 4 is 21.6 Å². The SMILES string of the molecule is O=S(=O)(NCC1c2ccccc2-c2ccccc21)c1ccc(Cl)cc1. The summed E-state index contributed by atoms with van der Waals surface area (Å²) in [6.07, 6.45) is 0. The van der Waals surface area contributed by atoms with E-state index >= 15 is 0 Å². The molecule has 126 valence electrons. The summed E-state index contributed by atoms with van der Waals surface area (Å²) in [5.41, 5.74) is 4.66. The van der Waals surface area contributed by atoms with Gasteiger partial charge in [-0.05, 0) is 46.5 Å². The topological polar surface area (TPSA) is 46.2 Å². The van der Waals surface area contributed by atoms with Crippen LogP contribution in [0.1, 0.15) is 17.0 Å². The van der Waals surface area contributed by atoms with Gasteiger partial charge in [-0.3, -0.25) is 0 Å². The minimum Gasteiger partial charge on any atom is -0.210 e. The van der Waals surface area contributed by atoms with E-state index in [9.17, 15) is 8.42 Å². The molecule has 3 aromatic carbocycles. The molecule has 3 aromatic rings. The number of fused-ring (bicyclic) bond motifs is 3. The summed E-state index contributed by atoms with van der Waals surface area (Å²) < 4.78 is 27.9. The lowest BCUT2D eigenvalue weighted by Crippen LogP contribution is -2.28. The predicted molar refractivity (Wildman–Crippen MR) is 100 cm³/mol. The minimum absolute atomic E-state index is 0.00877. The van der Waals surface area contributed by atoms with Gasteiger partial charge < -0.3 is 0 Å². The molecular formula is C20H16ClNO2S. The van der Waals surface area contributed by atoms with Crippen molar-refractivity contribution in [2.75, 3.05) is 6.54 Å². The van der Waals surface area contributed by atoms with Gasteiger partial charge in [0, 0.05) is 17.5 Å². The third-order valence-corrected chi connectivity index (χ3v) is 6.26. The summed E-state index contributed by atoms with van der Waals surface area (Å²) in [6.45, 7) is 0.318. The Labute approximate surface area is 152 Å². The number of hydrogen-bond acceptors (Lipinski definition) is 2. The minimum atomic E-state index is -3.58. The lowest BCUT2D eigenvalue weighted by molar-refractivity contribution is 0.578. The molecule has 0 amide bonds. The van der Waals surface area contributed by atoms with E-state index in [0.717, 1.165) is 11.1 Å². The zero-order valence-electron chi connectivity index (χ0n) is 13.3. The van der Waals surface area contributed by atoms with Crippen molar-refractivity contribution < 1.29 is 8.42 Å². The largest absolute Gasteiger partial charge is 0.240 e. The lowest BCUT2D eigenvalue weighted by atomic mass is 9.97. The fraction of sp³-hybridized carbons (Fsp3) is 0.100. The zero-order valence-corrected chi connectivity index (χ0v) is 14.9. The van der Waals surface area contributed by atoms with Crippen LogP contribution < -0.4 is 4.72 Å². The number of hydrogen-bond donors (Lipinski definition) is 1. The van der Waals surface area contributed by atoms with Crippen molar-refractivity contribution in [2.45, 2.75) is 10.8 Å². The molecule has 0 saturated heterocycles. The normalized spacial score (nSPS) is 13.5. The summed E-state index contributed by atoms with van der Waals surface area (Å²) in [5, 5.41) is 0.512. The molecule has 4 rings (SSSR count). The molecule has 1 aliphatic rings. The molecule has 0 unspecified atom stereocenters. The maximum Gasteiger partial charge on any atom is 0.240 e. The quantitative estimate of drug-likeness (QED) is 0.739. The maximum absolute atomic E-state index is 12.6. The van der Waals surface area contributed by atoms with Gasteiger partial charge in [0.1, 0.15) is 0 Å². The Balaban J connectivity index is 1.64. The second kappa shape index (κ2) is 6.30. The third-order valence-electron chi connectivity index (χ3n) is 4.56. The van der Waals surface area contributed by atoms with Crippen LogP contribution in [0.5, 0.6) is 0 Å². The van der Waals surface area contributed by atoms with E-state index < -0.39 is 10.0 Å². The van der Waals surface area contributed by atoms with Crippen molar-refractivity contribution in [1.29, 1.82) is 0 Å². The van der Waals surface area contributed by atoms with E-state index in [2.05, 4.69) is 29.0 Å². The molecule has 0 radical (unpaired) electrons. The van der Waals surface area contributed by atoms with E-state index in [-0.39, 0.29) is 10.8 Å². The van der Waals surface area contributed by atoms with Crippen molar-refractivity contribution in [3.8, 4) is 11.1 Å². The van der Waals surface area contributed by atoms with Gasteiger partial charge >= 0.3 is 0 Å². The van der Waals surface area contributed by atoms with E-state index in [1.807, 2.05) is 24.3 Å². The highest BCUT2D eigenvalue weighted by Crippen LogP contribution is 2.44. The highest BCUT2D eigenvalue weighted by Gasteiger charge is 2.29. The summed E-state index contributed by atoms with van der Waals surface area (Å²) >= 11 is 5.84. The van der Waals surface area contributed by atoms with Gasteiger partial charge in [-0.1, -0.05) is 60.1 Å². The highest BCUT2D eigenvalue weighted by atomic mass is 35.5. The van der Waals surface area contributed by atoms with E-state index in [1.165, 1.54) is 23.3 Å². The van der Waals surface area contributed by atoms with Crippen LogP contribution in [0.25, 0.3) is 11.1 Å². The van der Waals surface area contributed by atoms with Gasteiger partial charge in [0.15, 0.2) is 0 Å². The summed E-state index contributed by atoms with van der Waals surface area (Å²) in [7, 11) is -3.58. The third kappa shape index (κ3) is 2.97. The fourth-order valence-corrected chi connectivity index (χ4v) is 4.54. The Morgan fingerprint density at radius 1 is 0.800 bits per heavy atom. The van der Waals surface area contributed by atoms with E-state index in [0.29, 0.717) is 11.6 Å². The first-order chi connectivity index (χ1) is 12.1. The fourth-order valence-electron chi connectivity index (χ4n) is 3.37. The predicted octanol–water partition coefficient (Wildman–Crippen LogP) is 4.43. The summed E-state index contributed by atoms with van der Waals surface area (Å²) in [6, 6.07) is 22.5. The Morgan fingerprint density at radius 3 is 1.88 bits per heavy atom. The number of benzene rings is 3. The Bertz CT molecular complexity index is 984. The standard InChI is InChI=1S/C20H16ClNO2S/c21-14-9-11-15(12-10-14)25(23,24)22-13-20-18-7-3-1-5-16(18)17-6-2-4-8-19(17)20/h1-12,20,22H,13H2. The molecule has 0 aliphatic heterocycles. The van der Waals surface area contributed by atoms with Crippen LogP contribution in [0.4, 0.5) is 0 Å². The monoisotopic (exact) mass is 369 g/mol. The molecular weight excluding hydrogens is 354 g/mol. The second-order valence-electron chi connectivity index (χ2n) is 6.03. The zero-order chi connectivity index (χ0) is 17.4. The molecule has 0 fully saturated rings. The highest BCUT2D eigenvalue weighted by molar-refractivity contribution is 7.89. The van der Waals surface area contributed by atoms with Crippen molar-refractivity contribution in [1.82, 2.24) is 4.72 Å². The van der Waals surface area contributed by atoms with Crippen molar-refractivity contribution in [3.63, 3.8) is 0 Å². The van der Waals surface area contributed by atoms with Gasteiger partial charge in [-0.25, -0.2) is 13.1 Å². The van der Waals surface area contributed by atoms with Gasteiger partial charge in [-0.15, -0.1) is 0 Å². The maximum atomic E-state index is 12.6. The van der Waals surface area contributed by atoms with E-state index in [4.69, 9.17) is 11.6 Å². The first kappa shape index (κ1) is 16.3. The second-order valence-corrected chi connectivity index (χ2v) is 8.24. The summed E-state index contributed by atoms with van der Waals surface area (Å²) in [5.74, 6) is 0.00877. The van der Waals surface area contributed by atoms with Gasteiger partial charge in [0.2, 0.25) is 10.0 Å². The van der Waals surface area contributed by atoms with Crippen LogP contribution in [0.3, 0.4) is 0 Å². The Kier molecular flexibility index (Phi) is 4.12. The number of rotatable bonds is 4. The van der Waals surface area contributed by atoms with E-state index in [1.54, 1.807) is 12.1 Å². The van der Waals surface area contributed by atoms with Crippen LogP contribution in [-0.4, -0.2) is 15.0 Å². The molecule has 3 nitrogen and oxygen atoms in total. The molecule has 0 heterocycles. The average Bonchev–Trinajstić information content (AvgIpc) is 2.94. The molecule has 0 spiro atoms. The molecule has 5 heteroatoms. The molecule has 1 N–H and O–H groups in total. The molecule has 1 aliphatic carbocycles. The number of halogens is 1. The molecule has 0 aromatic heterocycles. The molecule has 0 atom stereocenters. The Hall–Kier alpha value is -2.14. The molecule has 25 heavy (non-hydrogen) atoms. The summed E-state index contributed by atoms with van der Waals surface area (Å²) in [4.78, 5) is 0.219. The van der Waals surface area contributed by atoms with Crippen molar-refractivity contribution in [3.05, 3.63) is 88.9 Å². The smallest absolute Gasteiger partial charge is 0.210 e. The van der Waals surface area contributed by atoms with Gasteiger partial charge in [0.25, 0.3) is 0 Å². The van der Waals surface area contributed by atoms with Crippen molar-refractivity contribution in [2.24, 2.45) is 0 Å². The van der Waals surface area contributed by atoms with Crippen LogP contribution >= 0.6 is 11.6 Å². The number of nitrogens with one attached hydrogen (secondary N) is 1. The Morgan fingerprint density at radius 2 is 1.32 bits per heavy atom. The van der Waals surface area contributed by atoms with Crippen LogP contribution in [0.15, 0.2) is 77.7 Å². The van der Waals surface area contributed by atoms with Gasteiger partial charge in [-0.2, -0.15) is 0 Å². The molecule has 0 bridgehead atoms. The number of sulfonamides is 1. The average molecular weight is 370 g/mol. The lowest BCUT2D eigenvalue weighted by Gasteiger charge is -2.15. The molecule has 0 saturated carbocycles. The first-order valence-corrected chi connectivity index (χ1v) is 9.86. The first-order valence-electron chi connectivity index (χ1n) is 8.00.